The molecule has 0 aliphatic rings. The summed E-state index contributed by atoms with van der Waals surface area (Å²) in [5.74, 6) is -0.0478. The van der Waals surface area contributed by atoms with Gasteiger partial charge in [-0.3, -0.25) is 4.79 Å². The van der Waals surface area contributed by atoms with Crippen molar-refractivity contribution in [3.05, 3.63) is 0 Å². The van der Waals surface area contributed by atoms with E-state index < -0.39 is 6.04 Å². The largest absolute Gasteiger partial charge is 0.354 e. The normalized spacial score (nSPS) is 12.7. The van der Waals surface area contributed by atoms with Crippen molar-refractivity contribution < 1.29 is 9.59 Å². The number of hydrogen-bond donors (Lipinski definition) is 3. The SMILES string of the molecule is CCCCCCCCCCCCNC(=O)[C@@H](NC(=O)NC(C)(C)C)C(C)C. The Morgan fingerprint density at radius 3 is 1.74 bits per heavy atom. The number of unbranched alkanes of at least 4 members (excludes halogenated alkanes) is 9. The molecule has 3 N–H and O–H groups in total. The first-order valence-corrected chi connectivity index (χ1v) is 11.0. The molecule has 0 aromatic carbocycles. The second-order valence-corrected chi connectivity index (χ2v) is 9.04. The fraction of sp³-hybridized carbons (Fsp3) is 0.909. The van der Waals surface area contributed by atoms with E-state index in [0.717, 1.165) is 12.8 Å². The third kappa shape index (κ3) is 15.5. The second-order valence-electron chi connectivity index (χ2n) is 9.04. The van der Waals surface area contributed by atoms with Crippen LogP contribution in [-0.4, -0.2) is 30.1 Å². The molecule has 0 saturated carbocycles. The molecule has 0 aliphatic carbocycles. The van der Waals surface area contributed by atoms with Gasteiger partial charge in [0.05, 0.1) is 0 Å². The molecule has 0 spiro atoms. The average Bonchev–Trinajstić information content (AvgIpc) is 2.55. The Hall–Kier alpha value is -1.26. The molecule has 5 heteroatoms. The minimum atomic E-state index is -0.504. The second kappa shape index (κ2) is 14.8. The molecule has 0 aliphatic heterocycles. The zero-order valence-corrected chi connectivity index (χ0v) is 18.7. The molecule has 160 valence electrons. The van der Waals surface area contributed by atoms with Gasteiger partial charge in [-0.15, -0.1) is 0 Å². The fourth-order valence-corrected chi connectivity index (χ4v) is 2.99. The van der Waals surface area contributed by atoms with Gasteiger partial charge in [-0.25, -0.2) is 4.79 Å². The lowest BCUT2D eigenvalue weighted by atomic mass is 10.0. The molecule has 3 amide bonds. The van der Waals surface area contributed by atoms with Crippen LogP contribution in [0.15, 0.2) is 0 Å². The van der Waals surface area contributed by atoms with Crippen LogP contribution in [0.4, 0.5) is 4.79 Å². The lowest BCUT2D eigenvalue weighted by Crippen LogP contribution is -2.55. The van der Waals surface area contributed by atoms with Crippen LogP contribution in [0.2, 0.25) is 0 Å². The third-order valence-electron chi connectivity index (χ3n) is 4.55. The zero-order valence-electron chi connectivity index (χ0n) is 18.7. The van der Waals surface area contributed by atoms with Crippen molar-refractivity contribution in [2.45, 2.75) is 117 Å². The van der Waals surface area contributed by atoms with Crippen LogP contribution in [0.1, 0.15) is 106 Å². The van der Waals surface area contributed by atoms with E-state index in [-0.39, 0.29) is 23.4 Å². The summed E-state index contributed by atoms with van der Waals surface area (Å²) in [5.41, 5.74) is -0.321. The highest BCUT2D eigenvalue weighted by atomic mass is 16.2. The number of hydrogen-bond acceptors (Lipinski definition) is 2. The van der Waals surface area contributed by atoms with E-state index in [2.05, 4.69) is 22.9 Å². The van der Waals surface area contributed by atoms with Crippen molar-refractivity contribution in [3.8, 4) is 0 Å². The zero-order chi connectivity index (χ0) is 20.7. The van der Waals surface area contributed by atoms with Crippen molar-refractivity contribution in [2.24, 2.45) is 5.92 Å². The molecule has 0 bridgehead atoms. The maximum absolute atomic E-state index is 12.4. The predicted octanol–water partition coefficient (Wildman–Crippen LogP) is 5.15. The highest BCUT2D eigenvalue weighted by Crippen LogP contribution is 2.10. The van der Waals surface area contributed by atoms with Gasteiger partial charge in [-0.1, -0.05) is 78.6 Å². The van der Waals surface area contributed by atoms with Crippen LogP contribution in [0.25, 0.3) is 0 Å². The molecule has 1 atom stereocenters. The number of amides is 3. The molecule has 0 heterocycles. The maximum atomic E-state index is 12.4. The van der Waals surface area contributed by atoms with E-state index in [1.54, 1.807) is 0 Å². The summed E-state index contributed by atoms with van der Waals surface area (Å²) in [7, 11) is 0. The molecule has 0 aromatic heterocycles. The first-order chi connectivity index (χ1) is 12.7. The Morgan fingerprint density at radius 2 is 1.30 bits per heavy atom. The van der Waals surface area contributed by atoms with E-state index in [1.165, 1.54) is 51.4 Å². The van der Waals surface area contributed by atoms with Crippen molar-refractivity contribution in [1.29, 1.82) is 0 Å². The van der Waals surface area contributed by atoms with E-state index >= 15 is 0 Å². The van der Waals surface area contributed by atoms with Crippen LogP contribution in [0.5, 0.6) is 0 Å². The summed E-state index contributed by atoms with van der Waals surface area (Å²) >= 11 is 0. The Balaban J connectivity index is 3.88. The molecule has 0 radical (unpaired) electrons. The summed E-state index contributed by atoms with van der Waals surface area (Å²) in [6.07, 6.45) is 12.8. The Morgan fingerprint density at radius 1 is 0.815 bits per heavy atom. The van der Waals surface area contributed by atoms with E-state index in [1.807, 2.05) is 34.6 Å². The fourth-order valence-electron chi connectivity index (χ4n) is 2.99. The monoisotopic (exact) mass is 383 g/mol. The highest BCUT2D eigenvalue weighted by molar-refractivity contribution is 5.87. The molecular weight excluding hydrogens is 338 g/mol. The van der Waals surface area contributed by atoms with Gasteiger partial charge in [0.15, 0.2) is 0 Å². The molecule has 0 fully saturated rings. The molecule has 0 unspecified atom stereocenters. The molecule has 27 heavy (non-hydrogen) atoms. The van der Waals surface area contributed by atoms with Gasteiger partial charge >= 0.3 is 6.03 Å². The lowest BCUT2D eigenvalue weighted by molar-refractivity contribution is -0.123. The third-order valence-corrected chi connectivity index (χ3v) is 4.55. The maximum Gasteiger partial charge on any atom is 0.315 e. The predicted molar refractivity (Wildman–Crippen MR) is 115 cm³/mol. The number of carbonyl (C=O) groups excluding carboxylic acids is 2. The van der Waals surface area contributed by atoms with Gasteiger partial charge < -0.3 is 16.0 Å². The number of rotatable bonds is 14. The van der Waals surface area contributed by atoms with E-state index in [9.17, 15) is 9.59 Å². The van der Waals surface area contributed by atoms with Crippen LogP contribution in [-0.2, 0) is 4.79 Å². The summed E-state index contributed by atoms with van der Waals surface area (Å²) in [5, 5.41) is 8.62. The Bertz CT molecular complexity index is 403. The molecule has 0 aromatic rings. The smallest absolute Gasteiger partial charge is 0.315 e. The minimum absolute atomic E-state index is 0.0448. The van der Waals surface area contributed by atoms with Crippen molar-refractivity contribution >= 4 is 11.9 Å². The van der Waals surface area contributed by atoms with Crippen LogP contribution >= 0.6 is 0 Å². The minimum Gasteiger partial charge on any atom is -0.354 e. The molecule has 0 rings (SSSR count). The average molecular weight is 384 g/mol. The van der Waals surface area contributed by atoms with Gasteiger partial charge in [0.1, 0.15) is 6.04 Å². The van der Waals surface area contributed by atoms with Gasteiger partial charge in [-0.05, 0) is 33.1 Å². The van der Waals surface area contributed by atoms with Crippen LogP contribution in [0, 0.1) is 5.92 Å². The van der Waals surface area contributed by atoms with Crippen LogP contribution < -0.4 is 16.0 Å². The van der Waals surface area contributed by atoms with Crippen LogP contribution in [0.3, 0.4) is 0 Å². The first kappa shape index (κ1) is 25.7. The summed E-state index contributed by atoms with van der Waals surface area (Å²) in [6.45, 7) is 12.6. The van der Waals surface area contributed by atoms with Crippen molar-refractivity contribution in [3.63, 3.8) is 0 Å². The summed E-state index contributed by atoms with van der Waals surface area (Å²) < 4.78 is 0. The summed E-state index contributed by atoms with van der Waals surface area (Å²) in [6, 6.07) is -0.800. The van der Waals surface area contributed by atoms with Gasteiger partial charge in [0.2, 0.25) is 5.91 Å². The Labute approximate surface area is 167 Å². The van der Waals surface area contributed by atoms with Gasteiger partial charge in [0.25, 0.3) is 0 Å². The number of carbonyl (C=O) groups is 2. The van der Waals surface area contributed by atoms with E-state index in [0.29, 0.717) is 6.54 Å². The quantitative estimate of drug-likeness (QED) is 0.363. The number of urea groups is 1. The summed E-state index contributed by atoms with van der Waals surface area (Å²) in [4.78, 5) is 24.4. The Kier molecular flexibility index (Phi) is 14.1. The van der Waals surface area contributed by atoms with Crippen molar-refractivity contribution in [2.75, 3.05) is 6.54 Å². The first-order valence-electron chi connectivity index (χ1n) is 11.0. The van der Waals surface area contributed by atoms with E-state index in [4.69, 9.17) is 0 Å². The van der Waals surface area contributed by atoms with Gasteiger partial charge in [-0.2, -0.15) is 0 Å². The highest BCUT2D eigenvalue weighted by Gasteiger charge is 2.25. The van der Waals surface area contributed by atoms with Gasteiger partial charge in [0, 0.05) is 12.1 Å². The van der Waals surface area contributed by atoms with Crippen molar-refractivity contribution in [1.82, 2.24) is 16.0 Å². The topological polar surface area (TPSA) is 70.2 Å². The molecular formula is C22H45N3O2. The molecule has 0 saturated heterocycles. The number of nitrogens with one attached hydrogen (secondary N) is 3. The standard InChI is InChI=1S/C22H45N3O2/c1-7-8-9-10-11-12-13-14-15-16-17-23-20(26)19(18(2)3)24-21(27)25-22(4,5)6/h18-19H,7-17H2,1-6H3,(H,23,26)(H2,24,25,27)/t19-/m0/s1. The molecule has 5 nitrogen and oxygen atoms in total. The lowest BCUT2D eigenvalue weighted by Gasteiger charge is -2.26.